The molecule has 0 unspecified atom stereocenters. The molecule has 1 heterocycles. The van der Waals surface area contributed by atoms with Crippen molar-refractivity contribution in [3.05, 3.63) is 28.6 Å². The minimum Gasteiger partial charge on any atom is -0.469 e. The number of halogens is 5. The van der Waals surface area contributed by atoms with Crippen molar-refractivity contribution in [1.29, 1.82) is 0 Å². The summed E-state index contributed by atoms with van der Waals surface area (Å²) in [4.78, 5) is 14.0. The SMILES string of the molecule is COC(=O)Cc1cc(C)c(C(F)F)nc1C(F)(F)F. The number of carbonyl (C=O) groups excluding carboxylic acids is 1. The van der Waals surface area contributed by atoms with Gasteiger partial charge in [0.05, 0.1) is 13.5 Å². The predicted octanol–water partition coefficient (Wildman–Crippen LogP) is 3.06. The van der Waals surface area contributed by atoms with E-state index in [1.54, 1.807) is 0 Å². The second-order valence-corrected chi connectivity index (χ2v) is 3.75. The number of rotatable bonds is 3. The first-order valence-electron chi connectivity index (χ1n) is 5.09. The molecule has 0 aromatic carbocycles. The number of carbonyl (C=O) groups is 1. The van der Waals surface area contributed by atoms with E-state index in [1.165, 1.54) is 6.92 Å². The molecule has 0 aliphatic rings. The van der Waals surface area contributed by atoms with Crippen molar-refractivity contribution >= 4 is 5.97 Å². The summed E-state index contributed by atoms with van der Waals surface area (Å²) < 4.78 is 67.5. The monoisotopic (exact) mass is 283 g/mol. The predicted molar refractivity (Wildman–Crippen MR) is 54.7 cm³/mol. The van der Waals surface area contributed by atoms with Crippen LogP contribution in [0, 0.1) is 6.92 Å². The smallest absolute Gasteiger partial charge is 0.433 e. The van der Waals surface area contributed by atoms with Crippen LogP contribution in [0.4, 0.5) is 22.0 Å². The Morgan fingerprint density at radius 2 is 2.00 bits per heavy atom. The van der Waals surface area contributed by atoms with Crippen LogP contribution in [0.1, 0.15) is 28.9 Å². The van der Waals surface area contributed by atoms with Gasteiger partial charge in [0.1, 0.15) is 11.4 Å². The molecule has 0 fully saturated rings. The van der Waals surface area contributed by atoms with E-state index in [0.29, 0.717) is 0 Å². The van der Waals surface area contributed by atoms with Gasteiger partial charge in [-0.3, -0.25) is 4.79 Å². The maximum Gasteiger partial charge on any atom is 0.433 e. The van der Waals surface area contributed by atoms with Crippen molar-refractivity contribution in [3.8, 4) is 0 Å². The number of pyridine rings is 1. The van der Waals surface area contributed by atoms with Crippen LogP contribution in [0.15, 0.2) is 6.07 Å². The molecule has 0 aliphatic carbocycles. The van der Waals surface area contributed by atoms with Gasteiger partial charge in [0.25, 0.3) is 6.43 Å². The van der Waals surface area contributed by atoms with Gasteiger partial charge in [0.2, 0.25) is 0 Å². The molecular weight excluding hydrogens is 273 g/mol. The van der Waals surface area contributed by atoms with Gasteiger partial charge in [0.15, 0.2) is 0 Å². The Morgan fingerprint density at radius 1 is 1.42 bits per heavy atom. The van der Waals surface area contributed by atoms with Crippen LogP contribution in [0.2, 0.25) is 0 Å². The van der Waals surface area contributed by atoms with Gasteiger partial charge in [-0.2, -0.15) is 13.2 Å². The summed E-state index contributed by atoms with van der Waals surface area (Å²) in [5, 5.41) is 0. The fourth-order valence-electron chi connectivity index (χ4n) is 1.51. The second kappa shape index (κ2) is 5.50. The Morgan fingerprint density at radius 3 is 2.42 bits per heavy atom. The van der Waals surface area contributed by atoms with Crippen molar-refractivity contribution in [3.63, 3.8) is 0 Å². The minimum absolute atomic E-state index is 0.109. The average Bonchev–Trinajstić information content (AvgIpc) is 2.26. The molecule has 8 heteroatoms. The third kappa shape index (κ3) is 3.62. The normalized spacial score (nSPS) is 11.8. The lowest BCUT2D eigenvalue weighted by molar-refractivity contribution is -0.143. The average molecular weight is 283 g/mol. The molecule has 0 atom stereocenters. The highest BCUT2D eigenvalue weighted by Crippen LogP contribution is 2.33. The van der Waals surface area contributed by atoms with Crippen LogP contribution in [0.25, 0.3) is 0 Å². The lowest BCUT2D eigenvalue weighted by Crippen LogP contribution is -2.17. The highest BCUT2D eigenvalue weighted by Gasteiger charge is 2.37. The zero-order chi connectivity index (χ0) is 14.8. The van der Waals surface area contributed by atoms with Crippen molar-refractivity contribution in [2.24, 2.45) is 0 Å². The van der Waals surface area contributed by atoms with Crippen LogP contribution in [0.5, 0.6) is 0 Å². The summed E-state index contributed by atoms with van der Waals surface area (Å²) >= 11 is 0. The molecule has 0 bridgehead atoms. The van der Waals surface area contributed by atoms with Crippen LogP contribution in [-0.2, 0) is 22.1 Å². The van der Waals surface area contributed by atoms with Gasteiger partial charge in [-0.05, 0) is 18.1 Å². The Hall–Kier alpha value is -1.73. The number of nitrogens with zero attached hydrogens (tertiary/aromatic N) is 1. The molecule has 1 aromatic rings. The molecule has 0 saturated heterocycles. The molecule has 1 aromatic heterocycles. The fourth-order valence-corrected chi connectivity index (χ4v) is 1.51. The van der Waals surface area contributed by atoms with Crippen molar-refractivity contribution in [2.45, 2.75) is 25.9 Å². The van der Waals surface area contributed by atoms with Crippen LogP contribution >= 0.6 is 0 Å². The number of hydrogen-bond acceptors (Lipinski definition) is 3. The van der Waals surface area contributed by atoms with Crippen LogP contribution in [0.3, 0.4) is 0 Å². The van der Waals surface area contributed by atoms with E-state index in [9.17, 15) is 26.7 Å². The summed E-state index contributed by atoms with van der Waals surface area (Å²) in [6.07, 6.45) is -8.71. The summed E-state index contributed by atoms with van der Waals surface area (Å²) in [6, 6.07) is 0.883. The minimum atomic E-state index is -4.92. The maximum atomic E-state index is 12.7. The second-order valence-electron chi connectivity index (χ2n) is 3.75. The van der Waals surface area contributed by atoms with E-state index >= 15 is 0 Å². The summed E-state index contributed by atoms with van der Waals surface area (Å²) in [7, 11) is 1.02. The molecule has 0 N–H and O–H groups in total. The first-order chi connectivity index (χ1) is 8.66. The molecule has 0 amide bonds. The molecule has 106 valence electrons. The van der Waals surface area contributed by atoms with E-state index in [-0.39, 0.29) is 5.56 Å². The van der Waals surface area contributed by atoms with E-state index < -0.39 is 41.9 Å². The lowest BCUT2D eigenvalue weighted by atomic mass is 10.1. The van der Waals surface area contributed by atoms with Crippen molar-refractivity contribution in [2.75, 3.05) is 7.11 Å². The van der Waals surface area contributed by atoms with Gasteiger partial charge in [-0.1, -0.05) is 6.07 Å². The highest BCUT2D eigenvalue weighted by atomic mass is 19.4. The van der Waals surface area contributed by atoms with Gasteiger partial charge in [-0.15, -0.1) is 0 Å². The summed E-state index contributed by atoms with van der Waals surface area (Å²) in [5.41, 5.74) is -3.03. The number of aromatic nitrogens is 1. The highest BCUT2D eigenvalue weighted by molar-refractivity contribution is 5.72. The van der Waals surface area contributed by atoms with E-state index in [2.05, 4.69) is 9.72 Å². The summed E-state index contributed by atoms with van der Waals surface area (Å²) in [5.74, 6) is -0.906. The van der Waals surface area contributed by atoms with Crippen molar-refractivity contribution < 1.29 is 31.5 Å². The third-order valence-electron chi connectivity index (χ3n) is 2.37. The number of aryl methyl sites for hydroxylation is 1. The van der Waals surface area contributed by atoms with Gasteiger partial charge in [0, 0.05) is 0 Å². The maximum absolute atomic E-state index is 12.7. The van der Waals surface area contributed by atoms with Gasteiger partial charge >= 0.3 is 12.1 Å². The Labute approximate surface area is 105 Å². The quantitative estimate of drug-likeness (QED) is 0.632. The number of hydrogen-bond donors (Lipinski definition) is 0. The fraction of sp³-hybridized carbons (Fsp3) is 0.455. The molecular formula is C11H10F5NO2. The molecule has 0 spiro atoms. The van der Waals surface area contributed by atoms with Gasteiger partial charge in [-0.25, -0.2) is 13.8 Å². The van der Waals surface area contributed by atoms with E-state index in [1.807, 2.05) is 0 Å². The lowest BCUT2D eigenvalue weighted by Gasteiger charge is -2.14. The van der Waals surface area contributed by atoms with Crippen LogP contribution in [-0.4, -0.2) is 18.1 Å². The number of methoxy groups -OCH3 is 1. The first-order valence-corrected chi connectivity index (χ1v) is 5.09. The largest absolute Gasteiger partial charge is 0.469 e. The molecule has 3 nitrogen and oxygen atoms in total. The standard InChI is InChI=1S/C11H10F5NO2/c1-5-3-6(4-7(18)19-2)9(11(14,15)16)17-8(5)10(12)13/h3,10H,4H2,1-2H3. The Kier molecular flexibility index (Phi) is 4.43. The molecule has 0 aliphatic heterocycles. The van der Waals surface area contributed by atoms with E-state index in [4.69, 9.17) is 0 Å². The van der Waals surface area contributed by atoms with Crippen LogP contribution < -0.4 is 0 Å². The zero-order valence-electron chi connectivity index (χ0n) is 10.0. The van der Waals surface area contributed by atoms with Crippen molar-refractivity contribution in [1.82, 2.24) is 4.98 Å². The van der Waals surface area contributed by atoms with Gasteiger partial charge < -0.3 is 4.74 Å². The number of ether oxygens (including phenoxy) is 1. The molecule has 0 radical (unpaired) electrons. The third-order valence-corrected chi connectivity index (χ3v) is 2.37. The first kappa shape index (κ1) is 15.3. The topological polar surface area (TPSA) is 39.2 Å². The molecule has 0 saturated carbocycles. The summed E-state index contributed by atoms with van der Waals surface area (Å²) in [6.45, 7) is 1.20. The molecule has 19 heavy (non-hydrogen) atoms. The Balaban J connectivity index is 3.37. The zero-order valence-corrected chi connectivity index (χ0v) is 10.0. The van der Waals surface area contributed by atoms with E-state index in [0.717, 1.165) is 13.2 Å². The number of alkyl halides is 5. The number of esters is 1. The Bertz CT molecular complexity index is 485. The molecule has 1 rings (SSSR count).